The average molecular weight is 403 g/mol. The summed E-state index contributed by atoms with van der Waals surface area (Å²) in [4.78, 5) is 17.3. The first kappa shape index (κ1) is 18.9. The number of benzene rings is 3. The van der Waals surface area contributed by atoms with Gasteiger partial charge in [0.2, 0.25) is 5.82 Å². The number of carbonyl (C=O) groups excluding carboxylic acids is 1. The molecule has 4 aromatic rings. The van der Waals surface area contributed by atoms with Crippen LogP contribution in [0.25, 0.3) is 17.1 Å². The number of rotatable bonds is 4. The van der Waals surface area contributed by atoms with Crippen LogP contribution in [0, 0.1) is 13.8 Å². The minimum atomic E-state index is -0.371. The van der Waals surface area contributed by atoms with Crippen LogP contribution >= 0.6 is 11.6 Å². The molecule has 0 unspecified atom stereocenters. The highest BCUT2D eigenvalue weighted by molar-refractivity contribution is 6.31. The van der Waals surface area contributed by atoms with Gasteiger partial charge in [0.1, 0.15) is 0 Å². The Hall–Kier alpha value is -3.44. The molecule has 0 radical (unpaired) electrons. The van der Waals surface area contributed by atoms with Crippen LogP contribution in [0.3, 0.4) is 0 Å². The molecule has 1 heterocycles. The van der Waals surface area contributed by atoms with Crippen LogP contribution in [0.1, 0.15) is 21.7 Å². The number of halogens is 1. The lowest BCUT2D eigenvalue weighted by molar-refractivity contribution is 0.101. The lowest BCUT2D eigenvalue weighted by Crippen LogP contribution is -2.14. The lowest BCUT2D eigenvalue weighted by atomic mass is 10.2. The maximum atomic E-state index is 12.8. The molecule has 3 aromatic carbocycles. The van der Waals surface area contributed by atoms with Gasteiger partial charge in [-0.25, -0.2) is 9.67 Å². The van der Waals surface area contributed by atoms with Gasteiger partial charge in [-0.15, -0.1) is 5.10 Å². The standard InChI is InChI=1S/C23H19ClN4O/c1-15-11-13-18(14-12-15)25-23(29)21-26-22(17-7-4-3-5-8-17)28(27-21)20-10-6-9-19(24)16(20)2/h3-14H,1-2H3,(H,25,29). The normalized spacial score (nSPS) is 10.7. The van der Waals surface area contributed by atoms with Gasteiger partial charge in [0.15, 0.2) is 5.82 Å². The van der Waals surface area contributed by atoms with Crippen molar-refractivity contribution < 1.29 is 4.79 Å². The Kier molecular flexibility index (Phi) is 5.14. The fraction of sp³-hybridized carbons (Fsp3) is 0.0870. The second kappa shape index (κ2) is 7.89. The van der Waals surface area contributed by atoms with Gasteiger partial charge in [-0.3, -0.25) is 4.79 Å². The van der Waals surface area contributed by atoms with Gasteiger partial charge in [-0.1, -0.05) is 65.7 Å². The van der Waals surface area contributed by atoms with Crippen LogP contribution in [0.2, 0.25) is 5.02 Å². The molecule has 1 amide bonds. The van der Waals surface area contributed by atoms with Crippen molar-refractivity contribution in [2.24, 2.45) is 0 Å². The number of carbonyl (C=O) groups is 1. The molecule has 6 heteroatoms. The number of hydrogen-bond donors (Lipinski definition) is 1. The molecule has 0 spiro atoms. The van der Waals surface area contributed by atoms with Gasteiger partial charge in [0.25, 0.3) is 5.91 Å². The molecule has 29 heavy (non-hydrogen) atoms. The van der Waals surface area contributed by atoms with Gasteiger partial charge in [-0.2, -0.15) is 0 Å². The zero-order valence-corrected chi connectivity index (χ0v) is 16.8. The van der Waals surface area contributed by atoms with Crippen molar-refractivity contribution in [2.45, 2.75) is 13.8 Å². The van der Waals surface area contributed by atoms with Crippen molar-refractivity contribution in [3.05, 3.63) is 94.8 Å². The second-order valence-electron chi connectivity index (χ2n) is 6.74. The fourth-order valence-corrected chi connectivity index (χ4v) is 3.17. The lowest BCUT2D eigenvalue weighted by Gasteiger charge is -2.10. The Balaban J connectivity index is 1.78. The fourth-order valence-electron chi connectivity index (χ4n) is 3.00. The Morgan fingerprint density at radius 3 is 2.38 bits per heavy atom. The predicted octanol–water partition coefficient (Wildman–Crippen LogP) is 5.46. The third-order valence-corrected chi connectivity index (χ3v) is 5.03. The van der Waals surface area contributed by atoms with Crippen molar-refractivity contribution in [3.8, 4) is 17.1 Å². The molecule has 0 saturated carbocycles. The van der Waals surface area contributed by atoms with E-state index >= 15 is 0 Å². The first-order valence-electron chi connectivity index (χ1n) is 9.19. The molecule has 144 valence electrons. The zero-order chi connectivity index (χ0) is 20.4. The average Bonchev–Trinajstić information content (AvgIpc) is 3.18. The SMILES string of the molecule is Cc1ccc(NC(=O)c2nc(-c3ccccc3)n(-c3cccc(Cl)c3C)n2)cc1. The summed E-state index contributed by atoms with van der Waals surface area (Å²) < 4.78 is 1.67. The summed E-state index contributed by atoms with van der Waals surface area (Å²) in [6.07, 6.45) is 0. The number of anilines is 1. The Morgan fingerprint density at radius 2 is 1.66 bits per heavy atom. The largest absolute Gasteiger partial charge is 0.319 e. The third-order valence-electron chi connectivity index (χ3n) is 4.62. The van der Waals surface area contributed by atoms with Crippen LogP contribution in [0.15, 0.2) is 72.8 Å². The number of aryl methyl sites for hydroxylation is 1. The Morgan fingerprint density at radius 1 is 0.931 bits per heavy atom. The quantitative estimate of drug-likeness (QED) is 0.493. The predicted molar refractivity (Wildman–Crippen MR) is 116 cm³/mol. The summed E-state index contributed by atoms with van der Waals surface area (Å²) in [7, 11) is 0. The number of amides is 1. The number of aromatic nitrogens is 3. The molecule has 5 nitrogen and oxygen atoms in total. The number of nitrogens with zero attached hydrogens (tertiary/aromatic N) is 3. The van der Waals surface area contributed by atoms with Gasteiger partial charge < -0.3 is 5.32 Å². The van der Waals surface area contributed by atoms with Crippen molar-refractivity contribution in [3.63, 3.8) is 0 Å². The molecule has 4 rings (SSSR count). The minimum Gasteiger partial charge on any atom is -0.319 e. The second-order valence-corrected chi connectivity index (χ2v) is 7.15. The highest BCUT2D eigenvalue weighted by Gasteiger charge is 2.20. The van der Waals surface area contributed by atoms with Crippen molar-refractivity contribution in [1.29, 1.82) is 0 Å². The van der Waals surface area contributed by atoms with E-state index in [1.54, 1.807) is 4.68 Å². The van der Waals surface area contributed by atoms with Crippen LogP contribution in [-0.4, -0.2) is 20.7 Å². The summed E-state index contributed by atoms with van der Waals surface area (Å²) in [5, 5.41) is 7.99. The van der Waals surface area contributed by atoms with E-state index in [1.807, 2.05) is 86.6 Å². The smallest absolute Gasteiger partial charge is 0.295 e. The number of hydrogen-bond acceptors (Lipinski definition) is 3. The molecule has 0 bridgehead atoms. The van der Waals surface area contributed by atoms with Crippen molar-refractivity contribution in [1.82, 2.24) is 14.8 Å². The molecule has 0 aliphatic rings. The Labute approximate surface area is 174 Å². The van der Waals surface area contributed by atoms with Crippen LogP contribution < -0.4 is 5.32 Å². The first-order chi connectivity index (χ1) is 14.0. The molecule has 0 saturated heterocycles. The van der Waals surface area contributed by atoms with E-state index in [2.05, 4.69) is 15.4 Å². The Bertz CT molecular complexity index is 1170. The maximum Gasteiger partial charge on any atom is 0.295 e. The van der Waals surface area contributed by atoms with Gasteiger partial charge in [0, 0.05) is 16.3 Å². The number of nitrogens with one attached hydrogen (secondary N) is 1. The molecule has 0 atom stereocenters. The van der Waals surface area contributed by atoms with E-state index in [0.29, 0.717) is 16.5 Å². The van der Waals surface area contributed by atoms with Crippen molar-refractivity contribution >= 4 is 23.2 Å². The van der Waals surface area contributed by atoms with Crippen LogP contribution in [0.4, 0.5) is 5.69 Å². The molecular weight excluding hydrogens is 384 g/mol. The van der Waals surface area contributed by atoms with Gasteiger partial charge >= 0.3 is 0 Å². The highest BCUT2D eigenvalue weighted by atomic mass is 35.5. The third kappa shape index (κ3) is 3.91. The summed E-state index contributed by atoms with van der Waals surface area (Å²) in [6.45, 7) is 3.91. The first-order valence-corrected chi connectivity index (χ1v) is 9.57. The molecule has 0 aliphatic heterocycles. The van der Waals surface area contributed by atoms with E-state index in [0.717, 1.165) is 22.4 Å². The van der Waals surface area contributed by atoms with Gasteiger partial charge in [0.05, 0.1) is 5.69 Å². The zero-order valence-electron chi connectivity index (χ0n) is 16.1. The van der Waals surface area contributed by atoms with Gasteiger partial charge in [-0.05, 0) is 43.7 Å². The van der Waals surface area contributed by atoms with Crippen LogP contribution in [-0.2, 0) is 0 Å². The molecule has 1 aromatic heterocycles. The molecular formula is C23H19ClN4O. The van der Waals surface area contributed by atoms with E-state index in [-0.39, 0.29) is 11.7 Å². The topological polar surface area (TPSA) is 59.8 Å². The highest BCUT2D eigenvalue weighted by Crippen LogP contribution is 2.27. The summed E-state index contributed by atoms with van der Waals surface area (Å²) in [5.74, 6) is 0.290. The van der Waals surface area contributed by atoms with Crippen LogP contribution in [0.5, 0.6) is 0 Å². The van der Waals surface area contributed by atoms with E-state index in [4.69, 9.17) is 11.6 Å². The summed E-state index contributed by atoms with van der Waals surface area (Å²) in [6, 6.07) is 22.8. The summed E-state index contributed by atoms with van der Waals surface area (Å²) >= 11 is 6.31. The van der Waals surface area contributed by atoms with E-state index < -0.39 is 0 Å². The maximum absolute atomic E-state index is 12.8. The monoisotopic (exact) mass is 402 g/mol. The molecule has 0 fully saturated rings. The molecule has 0 aliphatic carbocycles. The van der Waals surface area contributed by atoms with E-state index in [9.17, 15) is 4.79 Å². The molecule has 1 N–H and O–H groups in total. The minimum absolute atomic E-state index is 0.0869. The van der Waals surface area contributed by atoms with E-state index in [1.165, 1.54) is 0 Å². The summed E-state index contributed by atoms with van der Waals surface area (Å²) in [5.41, 5.74) is 4.30. The van der Waals surface area contributed by atoms with Crippen molar-refractivity contribution in [2.75, 3.05) is 5.32 Å².